The predicted octanol–water partition coefficient (Wildman–Crippen LogP) is 2.62. The zero-order chi connectivity index (χ0) is 11.5. The van der Waals surface area contributed by atoms with Crippen molar-refractivity contribution in [2.75, 3.05) is 6.54 Å². The Balaban J connectivity index is 2.51. The molecule has 1 rings (SSSR count). The van der Waals surface area contributed by atoms with Crippen molar-refractivity contribution < 1.29 is 5.11 Å². The van der Waals surface area contributed by atoms with Crippen molar-refractivity contribution in [2.45, 2.75) is 32.9 Å². The Morgan fingerprint density at radius 1 is 1.40 bits per heavy atom. The molecule has 0 unspecified atom stereocenters. The van der Waals surface area contributed by atoms with Crippen LogP contribution >= 0.6 is 15.9 Å². The maximum absolute atomic E-state index is 9.53. The molecule has 0 radical (unpaired) electrons. The standard InChI is InChI=1S/C12H18BrNO/c1-9-4-5-10(11(13)6-9)7-14-8-12(2,3)15/h4-6,14-15H,7-8H2,1-3H3. The van der Waals surface area contributed by atoms with Crippen LogP contribution in [0.5, 0.6) is 0 Å². The summed E-state index contributed by atoms with van der Waals surface area (Å²) in [5.74, 6) is 0. The summed E-state index contributed by atoms with van der Waals surface area (Å²) in [6.07, 6.45) is 0. The van der Waals surface area contributed by atoms with Crippen molar-refractivity contribution in [3.63, 3.8) is 0 Å². The van der Waals surface area contributed by atoms with Crippen LogP contribution in [0.2, 0.25) is 0 Å². The maximum Gasteiger partial charge on any atom is 0.0715 e. The molecule has 0 atom stereocenters. The van der Waals surface area contributed by atoms with Gasteiger partial charge >= 0.3 is 0 Å². The highest BCUT2D eigenvalue weighted by atomic mass is 79.9. The lowest BCUT2D eigenvalue weighted by Gasteiger charge is -2.18. The molecule has 0 bridgehead atoms. The highest BCUT2D eigenvalue weighted by molar-refractivity contribution is 9.10. The molecule has 0 saturated heterocycles. The lowest BCUT2D eigenvalue weighted by Crippen LogP contribution is -2.34. The van der Waals surface area contributed by atoms with Crippen molar-refractivity contribution in [1.29, 1.82) is 0 Å². The zero-order valence-corrected chi connectivity index (χ0v) is 11.1. The number of nitrogens with one attached hydrogen (secondary N) is 1. The topological polar surface area (TPSA) is 32.3 Å². The normalized spacial score (nSPS) is 11.8. The van der Waals surface area contributed by atoms with Gasteiger partial charge in [0, 0.05) is 17.6 Å². The molecular formula is C12H18BrNO. The molecule has 0 heterocycles. The summed E-state index contributed by atoms with van der Waals surface area (Å²) >= 11 is 3.53. The molecule has 0 aliphatic carbocycles. The summed E-state index contributed by atoms with van der Waals surface area (Å²) in [6, 6.07) is 6.28. The van der Waals surface area contributed by atoms with Crippen LogP contribution < -0.4 is 5.32 Å². The van der Waals surface area contributed by atoms with E-state index in [-0.39, 0.29) is 0 Å². The molecule has 0 aliphatic heterocycles. The molecule has 3 heteroatoms. The van der Waals surface area contributed by atoms with Crippen LogP contribution in [-0.2, 0) is 6.54 Å². The van der Waals surface area contributed by atoms with E-state index in [2.05, 4.69) is 46.4 Å². The second-order valence-corrected chi connectivity index (χ2v) is 5.37. The molecule has 2 N–H and O–H groups in total. The molecule has 0 aliphatic rings. The average molecular weight is 272 g/mol. The second-order valence-electron chi connectivity index (χ2n) is 4.51. The second kappa shape index (κ2) is 5.10. The molecule has 15 heavy (non-hydrogen) atoms. The van der Waals surface area contributed by atoms with E-state index in [9.17, 15) is 5.11 Å². The van der Waals surface area contributed by atoms with E-state index in [4.69, 9.17) is 0 Å². The number of aliphatic hydroxyl groups is 1. The molecule has 0 aromatic heterocycles. The number of hydrogen-bond acceptors (Lipinski definition) is 2. The molecule has 84 valence electrons. The molecule has 0 fully saturated rings. The SMILES string of the molecule is Cc1ccc(CNCC(C)(C)O)c(Br)c1. The van der Waals surface area contributed by atoms with Crippen LogP contribution in [0.15, 0.2) is 22.7 Å². The molecule has 0 saturated carbocycles. The molecule has 0 amide bonds. The van der Waals surface area contributed by atoms with Gasteiger partial charge in [-0.2, -0.15) is 0 Å². The van der Waals surface area contributed by atoms with E-state index in [0.717, 1.165) is 11.0 Å². The monoisotopic (exact) mass is 271 g/mol. The van der Waals surface area contributed by atoms with Gasteiger partial charge in [0.15, 0.2) is 0 Å². The number of hydrogen-bond donors (Lipinski definition) is 2. The lowest BCUT2D eigenvalue weighted by atomic mass is 10.1. The van der Waals surface area contributed by atoms with Crippen molar-refractivity contribution in [3.05, 3.63) is 33.8 Å². The third-order valence-electron chi connectivity index (χ3n) is 2.08. The van der Waals surface area contributed by atoms with Gasteiger partial charge in [-0.15, -0.1) is 0 Å². The first-order valence-corrected chi connectivity index (χ1v) is 5.86. The zero-order valence-electron chi connectivity index (χ0n) is 9.47. The van der Waals surface area contributed by atoms with E-state index in [1.807, 2.05) is 0 Å². The minimum absolute atomic E-state index is 0.591. The van der Waals surface area contributed by atoms with E-state index in [1.54, 1.807) is 13.8 Å². The van der Waals surface area contributed by atoms with Gasteiger partial charge in [0.1, 0.15) is 0 Å². The maximum atomic E-state index is 9.53. The summed E-state index contributed by atoms with van der Waals surface area (Å²) in [7, 11) is 0. The van der Waals surface area contributed by atoms with Crippen LogP contribution in [0.4, 0.5) is 0 Å². The van der Waals surface area contributed by atoms with Crippen LogP contribution in [0.25, 0.3) is 0 Å². The van der Waals surface area contributed by atoms with Gasteiger partial charge in [-0.25, -0.2) is 0 Å². The van der Waals surface area contributed by atoms with Crippen LogP contribution in [0, 0.1) is 6.92 Å². The van der Waals surface area contributed by atoms with Gasteiger partial charge in [-0.1, -0.05) is 28.1 Å². The quantitative estimate of drug-likeness (QED) is 0.883. The van der Waals surface area contributed by atoms with Crippen molar-refractivity contribution >= 4 is 15.9 Å². The summed E-state index contributed by atoms with van der Waals surface area (Å²) < 4.78 is 1.12. The Morgan fingerprint density at radius 2 is 2.07 bits per heavy atom. The minimum atomic E-state index is -0.656. The first kappa shape index (κ1) is 12.7. The van der Waals surface area contributed by atoms with Crippen molar-refractivity contribution in [1.82, 2.24) is 5.32 Å². The molecule has 2 nitrogen and oxygen atoms in total. The van der Waals surface area contributed by atoms with Gasteiger partial charge in [0.05, 0.1) is 5.60 Å². The van der Waals surface area contributed by atoms with E-state index in [0.29, 0.717) is 6.54 Å². The van der Waals surface area contributed by atoms with Gasteiger partial charge in [-0.3, -0.25) is 0 Å². The number of benzene rings is 1. The van der Waals surface area contributed by atoms with Crippen molar-refractivity contribution in [3.8, 4) is 0 Å². The Labute approximate surface area is 99.8 Å². The fourth-order valence-corrected chi connectivity index (χ4v) is 1.93. The summed E-state index contributed by atoms with van der Waals surface area (Å²) in [6.45, 7) is 7.02. The first-order valence-electron chi connectivity index (χ1n) is 5.06. The Morgan fingerprint density at radius 3 is 2.60 bits per heavy atom. The summed E-state index contributed by atoms with van der Waals surface area (Å²) in [4.78, 5) is 0. The fourth-order valence-electron chi connectivity index (χ4n) is 1.30. The van der Waals surface area contributed by atoms with E-state index < -0.39 is 5.60 Å². The highest BCUT2D eigenvalue weighted by Gasteiger charge is 2.11. The highest BCUT2D eigenvalue weighted by Crippen LogP contribution is 2.18. The molecule has 1 aromatic rings. The van der Waals surface area contributed by atoms with E-state index >= 15 is 0 Å². The lowest BCUT2D eigenvalue weighted by molar-refractivity contribution is 0.0795. The Kier molecular flexibility index (Phi) is 4.32. The third-order valence-corrected chi connectivity index (χ3v) is 2.82. The van der Waals surface area contributed by atoms with Crippen LogP contribution in [0.1, 0.15) is 25.0 Å². The van der Waals surface area contributed by atoms with Crippen molar-refractivity contribution in [2.24, 2.45) is 0 Å². The average Bonchev–Trinajstić information content (AvgIpc) is 2.07. The largest absolute Gasteiger partial charge is 0.389 e. The smallest absolute Gasteiger partial charge is 0.0715 e. The number of halogens is 1. The van der Waals surface area contributed by atoms with E-state index in [1.165, 1.54) is 11.1 Å². The Hall–Kier alpha value is -0.380. The summed E-state index contributed by atoms with van der Waals surface area (Å²) in [5, 5.41) is 12.8. The third kappa shape index (κ3) is 4.78. The van der Waals surface area contributed by atoms with Gasteiger partial charge in [0.25, 0.3) is 0 Å². The number of rotatable bonds is 4. The van der Waals surface area contributed by atoms with Crippen LogP contribution in [0.3, 0.4) is 0 Å². The minimum Gasteiger partial charge on any atom is -0.389 e. The van der Waals surface area contributed by atoms with Crippen LogP contribution in [-0.4, -0.2) is 17.3 Å². The molecular weight excluding hydrogens is 254 g/mol. The summed E-state index contributed by atoms with van der Waals surface area (Å²) in [5.41, 5.74) is 1.80. The predicted molar refractivity (Wildman–Crippen MR) is 66.9 cm³/mol. The first-order chi connectivity index (χ1) is 6.88. The van der Waals surface area contributed by atoms with Gasteiger partial charge in [-0.05, 0) is 38.0 Å². The molecule has 1 aromatic carbocycles. The van der Waals surface area contributed by atoms with Gasteiger partial charge in [0.2, 0.25) is 0 Å². The Bertz CT molecular complexity index is 331. The van der Waals surface area contributed by atoms with Gasteiger partial charge < -0.3 is 10.4 Å². The molecule has 0 spiro atoms. The fraction of sp³-hybridized carbons (Fsp3) is 0.500. The number of aryl methyl sites for hydroxylation is 1.